The first-order chi connectivity index (χ1) is 6.59. The van der Waals surface area contributed by atoms with Gasteiger partial charge in [0.05, 0.1) is 6.04 Å². The predicted octanol–water partition coefficient (Wildman–Crippen LogP) is 0.698. The van der Waals surface area contributed by atoms with Crippen LogP contribution in [0.15, 0.2) is 18.3 Å². The van der Waals surface area contributed by atoms with Gasteiger partial charge in [0.2, 0.25) is 5.91 Å². The largest absolute Gasteiger partial charge is 0.351 e. The van der Waals surface area contributed by atoms with E-state index < -0.39 is 6.04 Å². The Balaban J connectivity index is 2.46. The molecule has 0 aliphatic rings. The monoisotopic (exact) mass is 213 g/mol. The van der Waals surface area contributed by atoms with Crippen LogP contribution in [0.5, 0.6) is 0 Å². The number of amides is 1. The van der Waals surface area contributed by atoms with E-state index in [1.165, 1.54) is 0 Å². The molecular formula is C9H12ClN3O. The summed E-state index contributed by atoms with van der Waals surface area (Å²) in [5.41, 5.74) is 6.27. The molecule has 0 unspecified atom stereocenters. The number of pyridine rings is 1. The third kappa shape index (κ3) is 3.32. The van der Waals surface area contributed by atoms with Crippen molar-refractivity contribution in [2.45, 2.75) is 19.5 Å². The van der Waals surface area contributed by atoms with Crippen molar-refractivity contribution in [2.75, 3.05) is 0 Å². The third-order valence-electron chi connectivity index (χ3n) is 1.67. The van der Waals surface area contributed by atoms with Crippen LogP contribution in [0.1, 0.15) is 12.5 Å². The van der Waals surface area contributed by atoms with E-state index in [4.69, 9.17) is 17.3 Å². The number of rotatable bonds is 3. The number of hydrogen-bond acceptors (Lipinski definition) is 3. The lowest BCUT2D eigenvalue weighted by atomic mass is 10.2. The summed E-state index contributed by atoms with van der Waals surface area (Å²) in [6.07, 6.45) is 1.61. The fourth-order valence-electron chi connectivity index (χ4n) is 0.861. The molecule has 14 heavy (non-hydrogen) atoms. The molecule has 1 amide bonds. The van der Waals surface area contributed by atoms with Crippen LogP contribution in [0.25, 0.3) is 0 Å². The van der Waals surface area contributed by atoms with Crippen molar-refractivity contribution < 1.29 is 4.79 Å². The fourth-order valence-corrected chi connectivity index (χ4v) is 0.973. The molecule has 1 atom stereocenters. The maximum Gasteiger partial charge on any atom is 0.236 e. The van der Waals surface area contributed by atoms with Crippen molar-refractivity contribution >= 4 is 17.5 Å². The summed E-state index contributed by atoms with van der Waals surface area (Å²) in [7, 11) is 0. The molecule has 1 heterocycles. The van der Waals surface area contributed by atoms with Gasteiger partial charge in [-0.05, 0) is 18.6 Å². The standard InChI is InChI=1S/C9H12ClN3O/c1-6(11)9(14)13-5-7-2-3-8(10)12-4-7/h2-4,6H,5,11H2,1H3,(H,13,14)/t6-/m0/s1. The summed E-state index contributed by atoms with van der Waals surface area (Å²) in [6.45, 7) is 2.06. The lowest BCUT2D eigenvalue weighted by molar-refractivity contribution is -0.122. The van der Waals surface area contributed by atoms with Crippen LogP contribution in [0.3, 0.4) is 0 Å². The normalized spacial score (nSPS) is 12.2. The molecule has 76 valence electrons. The molecule has 0 aliphatic carbocycles. The van der Waals surface area contributed by atoms with Gasteiger partial charge in [0, 0.05) is 12.7 Å². The Kier molecular flexibility index (Phi) is 3.85. The highest BCUT2D eigenvalue weighted by molar-refractivity contribution is 6.29. The first-order valence-electron chi connectivity index (χ1n) is 4.23. The molecule has 0 radical (unpaired) electrons. The number of halogens is 1. The van der Waals surface area contributed by atoms with Crippen LogP contribution in [0.2, 0.25) is 5.15 Å². The van der Waals surface area contributed by atoms with Gasteiger partial charge in [0.1, 0.15) is 5.15 Å². The highest BCUT2D eigenvalue weighted by Gasteiger charge is 2.05. The molecule has 1 rings (SSSR count). The molecule has 0 fully saturated rings. The number of nitrogens with one attached hydrogen (secondary N) is 1. The SMILES string of the molecule is C[C@H](N)C(=O)NCc1ccc(Cl)nc1. The molecule has 0 aliphatic heterocycles. The zero-order valence-electron chi connectivity index (χ0n) is 7.83. The second kappa shape index (κ2) is 4.93. The van der Waals surface area contributed by atoms with Crippen LogP contribution in [0.4, 0.5) is 0 Å². The molecule has 0 saturated heterocycles. The average molecular weight is 214 g/mol. The van der Waals surface area contributed by atoms with E-state index in [9.17, 15) is 4.79 Å². The number of nitrogens with zero attached hydrogens (tertiary/aromatic N) is 1. The van der Waals surface area contributed by atoms with Gasteiger partial charge in [0.25, 0.3) is 0 Å². The van der Waals surface area contributed by atoms with Gasteiger partial charge < -0.3 is 11.1 Å². The minimum Gasteiger partial charge on any atom is -0.351 e. The van der Waals surface area contributed by atoms with E-state index >= 15 is 0 Å². The van der Waals surface area contributed by atoms with Crippen LogP contribution >= 0.6 is 11.6 Å². The average Bonchev–Trinajstić information content (AvgIpc) is 2.16. The lowest BCUT2D eigenvalue weighted by Crippen LogP contribution is -2.37. The van der Waals surface area contributed by atoms with E-state index in [2.05, 4.69) is 10.3 Å². The Bertz CT molecular complexity index is 310. The highest BCUT2D eigenvalue weighted by Crippen LogP contribution is 2.04. The number of carbonyl (C=O) groups is 1. The topological polar surface area (TPSA) is 68.0 Å². The van der Waals surface area contributed by atoms with Crippen LogP contribution in [-0.4, -0.2) is 16.9 Å². The maximum absolute atomic E-state index is 11.1. The Morgan fingerprint density at radius 2 is 2.43 bits per heavy atom. The van der Waals surface area contributed by atoms with Crippen molar-refractivity contribution in [1.82, 2.24) is 10.3 Å². The van der Waals surface area contributed by atoms with E-state index in [-0.39, 0.29) is 5.91 Å². The molecule has 0 saturated carbocycles. The van der Waals surface area contributed by atoms with Crippen molar-refractivity contribution in [3.63, 3.8) is 0 Å². The van der Waals surface area contributed by atoms with Crippen molar-refractivity contribution in [2.24, 2.45) is 5.73 Å². The molecule has 1 aromatic heterocycles. The zero-order valence-corrected chi connectivity index (χ0v) is 8.58. The minimum absolute atomic E-state index is 0.181. The summed E-state index contributed by atoms with van der Waals surface area (Å²) >= 11 is 5.61. The van der Waals surface area contributed by atoms with Gasteiger partial charge in [-0.2, -0.15) is 0 Å². The molecular weight excluding hydrogens is 202 g/mol. The van der Waals surface area contributed by atoms with E-state index in [1.54, 1.807) is 25.3 Å². The zero-order chi connectivity index (χ0) is 10.6. The smallest absolute Gasteiger partial charge is 0.236 e. The Hall–Kier alpha value is -1.13. The maximum atomic E-state index is 11.1. The summed E-state index contributed by atoms with van der Waals surface area (Å²) in [5, 5.41) is 3.11. The second-order valence-corrected chi connectivity index (χ2v) is 3.38. The number of aromatic nitrogens is 1. The van der Waals surface area contributed by atoms with Gasteiger partial charge in [-0.25, -0.2) is 4.98 Å². The molecule has 5 heteroatoms. The van der Waals surface area contributed by atoms with Gasteiger partial charge >= 0.3 is 0 Å². The first-order valence-corrected chi connectivity index (χ1v) is 4.61. The number of hydrogen-bond donors (Lipinski definition) is 2. The highest BCUT2D eigenvalue weighted by atomic mass is 35.5. The van der Waals surface area contributed by atoms with Gasteiger partial charge in [0.15, 0.2) is 0 Å². The van der Waals surface area contributed by atoms with Crippen LogP contribution < -0.4 is 11.1 Å². The molecule has 4 nitrogen and oxygen atoms in total. The van der Waals surface area contributed by atoms with Crippen LogP contribution in [0, 0.1) is 0 Å². The third-order valence-corrected chi connectivity index (χ3v) is 1.89. The Morgan fingerprint density at radius 3 is 2.93 bits per heavy atom. The molecule has 0 aromatic carbocycles. The Labute approximate surface area is 87.5 Å². The van der Waals surface area contributed by atoms with Gasteiger partial charge in [-0.3, -0.25) is 4.79 Å². The quantitative estimate of drug-likeness (QED) is 0.727. The summed E-state index contributed by atoms with van der Waals surface area (Å²) in [6, 6.07) is 2.99. The fraction of sp³-hybridized carbons (Fsp3) is 0.333. The summed E-state index contributed by atoms with van der Waals surface area (Å²) < 4.78 is 0. The molecule has 3 N–H and O–H groups in total. The summed E-state index contributed by atoms with van der Waals surface area (Å²) in [5.74, 6) is -0.181. The van der Waals surface area contributed by atoms with Crippen molar-refractivity contribution in [1.29, 1.82) is 0 Å². The number of carbonyl (C=O) groups excluding carboxylic acids is 1. The van der Waals surface area contributed by atoms with Gasteiger partial charge in [-0.15, -0.1) is 0 Å². The lowest BCUT2D eigenvalue weighted by Gasteiger charge is -2.07. The van der Waals surface area contributed by atoms with E-state index in [0.29, 0.717) is 11.7 Å². The Morgan fingerprint density at radius 1 is 1.71 bits per heavy atom. The van der Waals surface area contributed by atoms with Crippen molar-refractivity contribution in [3.05, 3.63) is 29.0 Å². The molecule has 0 spiro atoms. The molecule has 1 aromatic rings. The predicted molar refractivity (Wildman–Crippen MR) is 54.7 cm³/mol. The summed E-state index contributed by atoms with van der Waals surface area (Å²) in [4.78, 5) is 15.0. The minimum atomic E-state index is -0.491. The van der Waals surface area contributed by atoms with E-state index in [1.807, 2.05) is 0 Å². The second-order valence-electron chi connectivity index (χ2n) is 3.00. The number of nitrogens with two attached hydrogens (primary N) is 1. The molecule has 0 bridgehead atoms. The first kappa shape index (κ1) is 10.9. The van der Waals surface area contributed by atoms with Crippen LogP contribution in [-0.2, 0) is 11.3 Å². The van der Waals surface area contributed by atoms with Crippen molar-refractivity contribution in [3.8, 4) is 0 Å². The van der Waals surface area contributed by atoms with E-state index in [0.717, 1.165) is 5.56 Å². The van der Waals surface area contributed by atoms with Gasteiger partial charge in [-0.1, -0.05) is 17.7 Å².